The molecule has 7 rings (SSSR count). The van der Waals surface area contributed by atoms with Gasteiger partial charge in [-0.2, -0.15) is 36.9 Å². The van der Waals surface area contributed by atoms with E-state index in [0.29, 0.717) is 10.8 Å². The molecule has 0 aliphatic carbocycles. The van der Waals surface area contributed by atoms with Crippen LogP contribution in [-0.4, -0.2) is 0 Å². The summed E-state index contributed by atoms with van der Waals surface area (Å²) in [6.45, 7) is 0. The highest BCUT2D eigenvalue weighted by Gasteiger charge is 2.38. The number of nitriles is 2. The second kappa shape index (κ2) is 9.38. The minimum Gasteiger partial charge on any atom is -0.455 e. The van der Waals surface area contributed by atoms with Crippen molar-refractivity contribution >= 4 is 43.9 Å². The molecule has 0 fully saturated rings. The zero-order valence-electron chi connectivity index (χ0n) is 22.1. The van der Waals surface area contributed by atoms with E-state index in [0.717, 1.165) is 12.1 Å². The van der Waals surface area contributed by atoms with Crippen LogP contribution in [0.3, 0.4) is 0 Å². The SMILES string of the molecule is N#Cc1c(-c2c3oc4ccccc4c3c(-c3cccc(C(F)(F)F)c3C#N)c3oc4ccccc4c23)cccc1C(F)(F)F. The van der Waals surface area contributed by atoms with E-state index in [2.05, 4.69) is 0 Å². The number of hydrogen-bond donors (Lipinski definition) is 0. The Morgan fingerprint density at radius 2 is 0.886 bits per heavy atom. The molecule has 0 aliphatic heterocycles. The van der Waals surface area contributed by atoms with E-state index in [1.54, 1.807) is 60.7 Å². The fraction of sp³-hybridized carbons (Fsp3) is 0.0588. The van der Waals surface area contributed by atoms with Gasteiger partial charge >= 0.3 is 12.4 Å². The second-order valence-corrected chi connectivity index (χ2v) is 10.0. The molecule has 2 aromatic heterocycles. The summed E-state index contributed by atoms with van der Waals surface area (Å²) in [7, 11) is 0. The smallest absolute Gasteiger partial charge is 0.417 e. The first-order valence-corrected chi connectivity index (χ1v) is 13.0. The normalized spacial score (nSPS) is 12.3. The predicted molar refractivity (Wildman–Crippen MR) is 151 cm³/mol. The Balaban J connectivity index is 1.80. The van der Waals surface area contributed by atoms with E-state index in [-0.39, 0.29) is 55.4 Å². The summed E-state index contributed by atoms with van der Waals surface area (Å²) in [4.78, 5) is 0. The number of halogens is 6. The average molecular weight is 596 g/mol. The first-order valence-electron chi connectivity index (χ1n) is 13.0. The zero-order valence-corrected chi connectivity index (χ0v) is 22.1. The van der Waals surface area contributed by atoms with E-state index < -0.39 is 34.6 Å². The van der Waals surface area contributed by atoms with Crippen molar-refractivity contribution in [3.05, 3.63) is 107 Å². The third kappa shape index (κ3) is 3.85. The van der Waals surface area contributed by atoms with E-state index >= 15 is 0 Å². The van der Waals surface area contributed by atoms with Crippen molar-refractivity contribution < 1.29 is 35.2 Å². The molecule has 0 amide bonds. The van der Waals surface area contributed by atoms with Crippen molar-refractivity contribution in [2.75, 3.05) is 0 Å². The van der Waals surface area contributed by atoms with E-state index in [4.69, 9.17) is 8.83 Å². The van der Waals surface area contributed by atoms with Gasteiger partial charge in [-0.3, -0.25) is 0 Å². The largest absolute Gasteiger partial charge is 0.455 e. The van der Waals surface area contributed by atoms with Crippen LogP contribution in [0, 0.1) is 22.7 Å². The Kier molecular flexibility index (Phi) is 5.78. The molecule has 2 heterocycles. The van der Waals surface area contributed by atoms with Gasteiger partial charge in [0.25, 0.3) is 0 Å². The minimum absolute atomic E-state index is 0.0254. The number of alkyl halides is 6. The molecule has 0 unspecified atom stereocenters. The molecule has 0 saturated heterocycles. The van der Waals surface area contributed by atoms with Gasteiger partial charge in [-0.15, -0.1) is 0 Å². The van der Waals surface area contributed by atoms with Gasteiger partial charge in [-0.05, 0) is 24.3 Å². The lowest BCUT2D eigenvalue weighted by Gasteiger charge is -2.16. The lowest BCUT2D eigenvalue weighted by atomic mass is 9.86. The highest BCUT2D eigenvalue weighted by Crippen LogP contribution is 2.52. The molecule has 7 aromatic rings. The Labute approximate surface area is 243 Å². The quantitative estimate of drug-likeness (QED) is 0.186. The molecule has 0 spiro atoms. The Morgan fingerprint density at radius 3 is 1.25 bits per heavy atom. The fourth-order valence-corrected chi connectivity index (χ4v) is 5.92. The molecule has 44 heavy (non-hydrogen) atoms. The molecule has 10 heteroatoms. The molecule has 0 bridgehead atoms. The maximum atomic E-state index is 14.1. The fourth-order valence-electron chi connectivity index (χ4n) is 5.92. The molecule has 0 radical (unpaired) electrons. The van der Waals surface area contributed by atoms with Gasteiger partial charge in [0.05, 0.1) is 22.3 Å². The number of hydrogen-bond acceptors (Lipinski definition) is 4. The van der Waals surface area contributed by atoms with Crippen molar-refractivity contribution in [3.8, 4) is 34.4 Å². The molecule has 0 atom stereocenters. The van der Waals surface area contributed by atoms with Crippen LogP contribution in [0.15, 0.2) is 93.8 Å². The summed E-state index contributed by atoms with van der Waals surface area (Å²) < 4.78 is 97.2. The molecular formula is C34H14F6N2O2. The van der Waals surface area contributed by atoms with Crippen LogP contribution in [0.25, 0.3) is 66.1 Å². The maximum absolute atomic E-state index is 14.1. The molecule has 0 aliphatic rings. The average Bonchev–Trinajstić information content (AvgIpc) is 3.57. The monoisotopic (exact) mass is 596 g/mol. The number of rotatable bonds is 2. The van der Waals surface area contributed by atoms with Gasteiger partial charge in [0, 0.05) is 43.8 Å². The van der Waals surface area contributed by atoms with Crippen molar-refractivity contribution in [2.24, 2.45) is 0 Å². The highest BCUT2D eigenvalue weighted by atomic mass is 19.4. The van der Waals surface area contributed by atoms with Crippen molar-refractivity contribution in [1.29, 1.82) is 10.5 Å². The maximum Gasteiger partial charge on any atom is 0.417 e. The van der Waals surface area contributed by atoms with Crippen molar-refractivity contribution in [2.45, 2.75) is 12.4 Å². The third-order valence-corrected chi connectivity index (χ3v) is 7.65. The second-order valence-electron chi connectivity index (χ2n) is 10.0. The van der Waals surface area contributed by atoms with Crippen molar-refractivity contribution in [3.63, 3.8) is 0 Å². The van der Waals surface area contributed by atoms with Crippen LogP contribution < -0.4 is 0 Å². The predicted octanol–water partition coefficient (Wildman–Crippen LogP) is 10.6. The first-order chi connectivity index (χ1) is 21.0. The van der Waals surface area contributed by atoms with Crippen LogP contribution in [-0.2, 0) is 12.4 Å². The Bertz CT molecular complexity index is 2230. The van der Waals surface area contributed by atoms with E-state index in [1.165, 1.54) is 24.3 Å². The molecule has 5 aromatic carbocycles. The first kappa shape index (κ1) is 27.1. The number of furan rings is 2. The Morgan fingerprint density at radius 1 is 0.500 bits per heavy atom. The number of para-hydroxylation sites is 2. The lowest BCUT2D eigenvalue weighted by molar-refractivity contribution is -0.138. The number of fused-ring (bicyclic) bond motifs is 6. The molecule has 4 nitrogen and oxygen atoms in total. The zero-order chi connectivity index (χ0) is 31.0. The highest BCUT2D eigenvalue weighted by molar-refractivity contribution is 6.30. The van der Waals surface area contributed by atoms with Crippen molar-refractivity contribution in [1.82, 2.24) is 0 Å². The van der Waals surface area contributed by atoms with Crippen LogP contribution in [0.2, 0.25) is 0 Å². The number of benzene rings is 5. The molecule has 0 saturated carbocycles. The van der Waals surface area contributed by atoms with E-state index in [9.17, 15) is 36.9 Å². The summed E-state index contributed by atoms with van der Waals surface area (Å²) in [6.07, 6.45) is -9.71. The minimum atomic E-state index is -4.86. The van der Waals surface area contributed by atoms with Crippen LogP contribution in [0.5, 0.6) is 0 Å². The topological polar surface area (TPSA) is 73.9 Å². The van der Waals surface area contributed by atoms with Gasteiger partial charge in [0.1, 0.15) is 34.5 Å². The van der Waals surface area contributed by atoms with Crippen LogP contribution >= 0.6 is 0 Å². The lowest BCUT2D eigenvalue weighted by Crippen LogP contribution is -2.09. The summed E-state index contributed by atoms with van der Waals surface area (Å²) >= 11 is 0. The number of nitrogens with zero attached hydrogens (tertiary/aromatic N) is 2. The summed E-state index contributed by atoms with van der Waals surface area (Å²) in [5, 5.41) is 21.4. The Hall–Kier alpha value is -5.74. The van der Waals surface area contributed by atoms with Gasteiger partial charge in [-0.25, -0.2) is 0 Å². The van der Waals surface area contributed by atoms with Gasteiger partial charge in [0.2, 0.25) is 0 Å². The summed E-state index contributed by atoms with van der Waals surface area (Å²) in [6, 6.07) is 23.3. The van der Waals surface area contributed by atoms with Crippen LogP contribution in [0.1, 0.15) is 22.3 Å². The molecule has 214 valence electrons. The summed E-state index contributed by atoms with van der Waals surface area (Å²) in [5.41, 5.74) is -2.98. The van der Waals surface area contributed by atoms with Crippen LogP contribution in [0.4, 0.5) is 26.3 Å². The third-order valence-electron chi connectivity index (χ3n) is 7.65. The van der Waals surface area contributed by atoms with Gasteiger partial charge in [0.15, 0.2) is 0 Å². The summed E-state index contributed by atoms with van der Waals surface area (Å²) in [5.74, 6) is 0. The standard InChI is InChI=1S/C34H14F6N2O2/c35-33(36,37)23-11-5-9-17(21(23)15-41)27-29-19-7-1-3-13-25(19)43-31(29)28(30-20-8-2-4-14-26(20)44-32(27)30)18-10-6-12-24(22(18)16-42)34(38,39)40/h1-14H. The molecular weight excluding hydrogens is 582 g/mol. The van der Waals surface area contributed by atoms with E-state index in [1.807, 2.05) is 0 Å². The van der Waals surface area contributed by atoms with Gasteiger partial charge in [-0.1, -0.05) is 60.7 Å². The molecule has 0 N–H and O–H groups in total. The van der Waals surface area contributed by atoms with Gasteiger partial charge < -0.3 is 8.83 Å².